The van der Waals surface area contributed by atoms with Crippen LogP contribution in [0.1, 0.15) is 62.0 Å². The van der Waals surface area contributed by atoms with Crippen molar-refractivity contribution in [1.82, 2.24) is 0 Å². The van der Waals surface area contributed by atoms with E-state index in [2.05, 4.69) is 32.9 Å². The zero-order valence-electron chi connectivity index (χ0n) is 15.4. The predicted octanol–water partition coefficient (Wildman–Crippen LogP) is 5.62. The molecule has 24 heavy (non-hydrogen) atoms. The van der Waals surface area contributed by atoms with Gasteiger partial charge in [0.25, 0.3) is 0 Å². The molecule has 2 nitrogen and oxygen atoms in total. The Balaban J connectivity index is 2.19. The molecule has 0 aliphatic rings. The largest absolute Gasteiger partial charge is 0.455 e. The summed E-state index contributed by atoms with van der Waals surface area (Å²) in [6.07, 6.45) is 0.875. The van der Waals surface area contributed by atoms with Gasteiger partial charge in [0, 0.05) is 5.92 Å². The lowest BCUT2D eigenvalue weighted by Gasteiger charge is -2.32. The van der Waals surface area contributed by atoms with Crippen LogP contribution < -0.4 is 0 Å². The minimum atomic E-state index is -0.580. The molecule has 0 fully saturated rings. The molecule has 0 aromatic heterocycles. The standard InChI is InChI=1S/C22H28O2/c1-16(2)15-19-13-9-10-14-20(19)21(23)24-22(4,5)17(3)18-11-7-6-8-12-18/h6-14,16-17H,15H2,1-5H3. The highest BCUT2D eigenvalue weighted by atomic mass is 16.6. The molecule has 0 aliphatic carbocycles. The molecular formula is C22H28O2. The van der Waals surface area contributed by atoms with Gasteiger partial charge in [-0.2, -0.15) is 0 Å². The minimum absolute atomic E-state index is 0.111. The highest BCUT2D eigenvalue weighted by Crippen LogP contribution is 2.32. The summed E-state index contributed by atoms with van der Waals surface area (Å²) in [4.78, 5) is 12.8. The second-order valence-corrected chi connectivity index (χ2v) is 7.38. The van der Waals surface area contributed by atoms with Crippen molar-refractivity contribution < 1.29 is 9.53 Å². The van der Waals surface area contributed by atoms with Gasteiger partial charge in [-0.1, -0.05) is 69.3 Å². The van der Waals surface area contributed by atoms with Gasteiger partial charge < -0.3 is 4.74 Å². The third kappa shape index (κ3) is 4.47. The number of carbonyl (C=O) groups excluding carboxylic acids is 1. The predicted molar refractivity (Wildman–Crippen MR) is 99.3 cm³/mol. The third-order valence-electron chi connectivity index (χ3n) is 4.56. The van der Waals surface area contributed by atoms with Gasteiger partial charge in [0.05, 0.1) is 5.56 Å². The van der Waals surface area contributed by atoms with E-state index in [1.807, 2.05) is 56.3 Å². The monoisotopic (exact) mass is 324 g/mol. The first kappa shape index (κ1) is 18.3. The summed E-state index contributed by atoms with van der Waals surface area (Å²) < 4.78 is 5.92. The Bertz CT molecular complexity index is 671. The van der Waals surface area contributed by atoms with Gasteiger partial charge in [0.15, 0.2) is 0 Å². The first-order chi connectivity index (χ1) is 11.3. The van der Waals surface area contributed by atoms with Gasteiger partial charge in [0.2, 0.25) is 0 Å². The van der Waals surface area contributed by atoms with Crippen LogP contribution >= 0.6 is 0 Å². The van der Waals surface area contributed by atoms with E-state index < -0.39 is 5.60 Å². The van der Waals surface area contributed by atoms with Crippen LogP contribution in [0.2, 0.25) is 0 Å². The molecule has 0 saturated carbocycles. The summed E-state index contributed by atoms with van der Waals surface area (Å²) >= 11 is 0. The van der Waals surface area contributed by atoms with Crippen molar-refractivity contribution in [2.75, 3.05) is 0 Å². The van der Waals surface area contributed by atoms with Gasteiger partial charge in [0.1, 0.15) is 5.60 Å². The van der Waals surface area contributed by atoms with Crippen LogP contribution in [0.25, 0.3) is 0 Å². The molecule has 0 radical (unpaired) electrons. The second-order valence-electron chi connectivity index (χ2n) is 7.38. The van der Waals surface area contributed by atoms with Crippen LogP contribution in [-0.4, -0.2) is 11.6 Å². The Kier molecular flexibility index (Phi) is 5.82. The van der Waals surface area contributed by atoms with Crippen LogP contribution in [0.3, 0.4) is 0 Å². The smallest absolute Gasteiger partial charge is 0.338 e. The normalized spacial score (nSPS) is 12.9. The minimum Gasteiger partial charge on any atom is -0.455 e. The quantitative estimate of drug-likeness (QED) is 0.644. The molecule has 2 heteroatoms. The summed E-state index contributed by atoms with van der Waals surface area (Å²) in [5.41, 5.74) is 2.33. The van der Waals surface area contributed by atoms with Crippen LogP contribution in [0.5, 0.6) is 0 Å². The summed E-state index contributed by atoms with van der Waals surface area (Å²) in [6.45, 7) is 10.4. The van der Waals surface area contributed by atoms with Crippen molar-refractivity contribution >= 4 is 5.97 Å². The van der Waals surface area contributed by atoms with Crippen molar-refractivity contribution in [2.45, 2.75) is 52.6 Å². The van der Waals surface area contributed by atoms with Crippen LogP contribution in [0, 0.1) is 5.92 Å². The lowest BCUT2D eigenvalue weighted by atomic mass is 9.86. The molecule has 0 heterocycles. The summed E-state index contributed by atoms with van der Waals surface area (Å²) in [5, 5.41) is 0. The Morgan fingerprint density at radius 3 is 2.17 bits per heavy atom. The second kappa shape index (κ2) is 7.65. The van der Waals surface area contributed by atoms with Crippen molar-refractivity contribution in [3.8, 4) is 0 Å². The average molecular weight is 324 g/mol. The van der Waals surface area contributed by atoms with Crippen molar-refractivity contribution in [2.24, 2.45) is 5.92 Å². The van der Waals surface area contributed by atoms with Crippen LogP contribution in [0.4, 0.5) is 0 Å². The van der Waals surface area contributed by atoms with E-state index in [4.69, 9.17) is 4.74 Å². The van der Waals surface area contributed by atoms with E-state index in [0.29, 0.717) is 11.5 Å². The summed E-state index contributed by atoms with van der Waals surface area (Å²) in [7, 11) is 0. The molecular weight excluding hydrogens is 296 g/mol. The molecule has 128 valence electrons. The molecule has 2 rings (SSSR count). The number of hydrogen-bond donors (Lipinski definition) is 0. The molecule has 1 unspecified atom stereocenters. The maximum atomic E-state index is 12.8. The fourth-order valence-corrected chi connectivity index (χ4v) is 2.86. The van der Waals surface area contributed by atoms with E-state index >= 15 is 0 Å². The third-order valence-corrected chi connectivity index (χ3v) is 4.56. The first-order valence-electron chi connectivity index (χ1n) is 8.67. The Hall–Kier alpha value is -2.09. The molecule has 2 aromatic rings. The van der Waals surface area contributed by atoms with Gasteiger partial charge in [-0.25, -0.2) is 4.79 Å². The maximum Gasteiger partial charge on any atom is 0.338 e. The van der Waals surface area contributed by atoms with Crippen LogP contribution in [-0.2, 0) is 11.2 Å². The summed E-state index contributed by atoms with van der Waals surface area (Å²) in [6, 6.07) is 17.9. The highest BCUT2D eigenvalue weighted by molar-refractivity contribution is 5.91. The first-order valence-corrected chi connectivity index (χ1v) is 8.67. The Morgan fingerprint density at radius 1 is 0.958 bits per heavy atom. The summed E-state index contributed by atoms with van der Waals surface area (Å²) in [5.74, 6) is 0.370. The van der Waals surface area contributed by atoms with Crippen molar-refractivity contribution in [1.29, 1.82) is 0 Å². The fourth-order valence-electron chi connectivity index (χ4n) is 2.86. The topological polar surface area (TPSA) is 26.3 Å². The van der Waals surface area contributed by atoms with Gasteiger partial charge in [-0.15, -0.1) is 0 Å². The number of carbonyl (C=O) groups is 1. The van der Waals surface area contributed by atoms with Gasteiger partial charge in [-0.05, 0) is 43.4 Å². The number of hydrogen-bond acceptors (Lipinski definition) is 2. The van der Waals surface area contributed by atoms with E-state index in [-0.39, 0.29) is 11.9 Å². The zero-order valence-corrected chi connectivity index (χ0v) is 15.4. The zero-order chi connectivity index (χ0) is 17.7. The van der Waals surface area contributed by atoms with Crippen molar-refractivity contribution in [3.05, 3.63) is 71.3 Å². The van der Waals surface area contributed by atoms with Crippen molar-refractivity contribution in [3.63, 3.8) is 0 Å². The Labute approximate surface area is 145 Å². The van der Waals surface area contributed by atoms with Crippen LogP contribution in [0.15, 0.2) is 54.6 Å². The maximum absolute atomic E-state index is 12.8. The molecule has 0 amide bonds. The lowest BCUT2D eigenvalue weighted by molar-refractivity contribution is -0.0112. The molecule has 1 atom stereocenters. The fraction of sp³-hybridized carbons (Fsp3) is 0.409. The van der Waals surface area contributed by atoms with Gasteiger partial charge >= 0.3 is 5.97 Å². The number of esters is 1. The average Bonchev–Trinajstić information content (AvgIpc) is 2.54. The molecule has 0 aliphatic heterocycles. The number of benzene rings is 2. The highest BCUT2D eigenvalue weighted by Gasteiger charge is 2.32. The SMILES string of the molecule is CC(C)Cc1ccccc1C(=O)OC(C)(C)C(C)c1ccccc1. The van der Waals surface area contributed by atoms with Gasteiger partial charge in [-0.3, -0.25) is 0 Å². The lowest BCUT2D eigenvalue weighted by Crippen LogP contribution is -2.34. The molecule has 2 aromatic carbocycles. The van der Waals surface area contributed by atoms with E-state index in [1.54, 1.807) is 0 Å². The van der Waals surface area contributed by atoms with E-state index in [0.717, 1.165) is 12.0 Å². The molecule has 0 N–H and O–H groups in total. The molecule has 0 saturated heterocycles. The van der Waals surface area contributed by atoms with E-state index in [9.17, 15) is 4.79 Å². The number of rotatable bonds is 6. The van der Waals surface area contributed by atoms with E-state index in [1.165, 1.54) is 5.56 Å². The molecule has 0 bridgehead atoms. The number of ether oxygens (including phenoxy) is 1. The molecule has 0 spiro atoms. The Morgan fingerprint density at radius 2 is 1.54 bits per heavy atom.